The molecule has 5 heteroatoms. The van der Waals surface area contributed by atoms with Gasteiger partial charge in [-0.1, -0.05) is 13.3 Å². The zero-order valence-corrected chi connectivity index (χ0v) is 14.9. The monoisotopic (exact) mass is 333 g/mol. The van der Waals surface area contributed by atoms with E-state index in [0.717, 1.165) is 25.1 Å². The van der Waals surface area contributed by atoms with E-state index in [1.807, 2.05) is 12.1 Å². The van der Waals surface area contributed by atoms with E-state index >= 15 is 0 Å². The molecule has 1 aromatic carbocycles. The molecule has 1 unspecified atom stereocenters. The largest absolute Gasteiger partial charge is 0.369 e. The molecular weight excluding hydrogens is 306 g/mol. The lowest BCUT2D eigenvalue weighted by Gasteiger charge is -2.35. The highest BCUT2D eigenvalue weighted by molar-refractivity contribution is 7.80. The molecule has 1 aliphatic rings. The number of hydrogen-bond acceptors (Lipinski definition) is 3. The molecule has 1 aliphatic heterocycles. The van der Waals surface area contributed by atoms with Crippen LogP contribution >= 0.6 is 12.2 Å². The van der Waals surface area contributed by atoms with Crippen LogP contribution in [-0.2, 0) is 4.79 Å². The predicted octanol–water partition coefficient (Wildman–Crippen LogP) is 4.07. The topological polar surface area (TPSA) is 44.4 Å². The van der Waals surface area contributed by atoms with Crippen LogP contribution in [0, 0.1) is 0 Å². The molecule has 0 aromatic heterocycles. The van der Waals surface area contributed by atoms with Gasteiger partial charge in [-0.05, 0) is 69.1 Å². The first-order valence-corrected chi connectivity index (χ1v) is 8.98. The van der Waals surface area contributed by atoms with Crippen molar-refractivity contribution in [1.82, 2.24) is 5.32 Å². The first-order valence-electron chi connectivity index (χ1n) is 8.57. The van der Waals surface area contributed by atoms with E-state index in [0.29, 0.717) is 17.6 Å². The number of carbonyl (C=O) groups excluding carboxylic acids is 1. The fraction of sp³-hybridized carbons (Fsp3) is 0.556. The van der Waals surface area contributed by atoms with Gasteiger partial charge in [0.1, 0.15) is 0 Å². The van der Waals surface area contributed by atoms with Crippen molar-refractivity contribution in [2.45, 2.75) is 58.4 Å². The molecule has 126 valence electrons. The molecule has 1 heterocycles. The highest BCUT2D eigenvalue weighted by atomic mass is 32.1. The molecule has 0 saturated carbocycles. The van der Waals surface area contributed by atoms with Gasteiger partial charge in [-0.15, -0.1) is 0 Å². The van der Waals surface area contributed by atoms with E-state index in [9.17, 15) is 4.79 Å². The van der Waals surface area contributed by atoms with E-state index in [2.05, 4.69) is 41.5 Å². The molecule has 4 nitrogen and oxygen atoms in total. The average molecular weight is 334 g/mol. The van der Waals surface area contributed by atoms with Gasteiger partial charge in [-0.3, -0.25) is 4.79 Å². The van der Waals surface area contributed by atoms with Gasteiger partial charge in [0.25, 0.3) is 0 Å². The SMILES string of the molecule is CCCCC(=O)NC(=S)Nc1ccc(N2CCCCC2C)cc1. The van der Waals surface area contributed by atoms with Crippen LogP contribution in [0.1, 0.15) is 52.4 Å². The number of thiocarbonyl (C=S) groups is 1. The van der Waals surface area contributed by atoms with Crippen LogP contribution in [0.3, 0.4) is 0 Å². The summed E-state index contributed by atoms with van der Waals surface area (Å²) in [6.45, 7) is 5.47. The molecule has 0 aliphatic carbocycles. The van der Waals surface area contributed by atoms with Crippen molar-refractivity contribution >= 4 is 34.6 Å². The van der Waals surface area contributed by atoms with Gasteiger partial charge < -0.3 is 15.5 Å². The summed E-state index contributed by atoms with van der Waals surface area (Å²) in [5.74, 6) is -0.0249. The molecule has 2 rings (SSSR count). The maximum Gasteiger partial charge on any atom is 0.226 e. The van der Waals surface area contributed by atoms with Crippen molar-refractivity contribution in [3.8, 4) is 0 Å². The number of rotatable bonds is 5. The molecule has 1 amide bonds. The Morgan fingerprint density at radius 2 is 2.04 bits per heavy atom. The maximum atomic E-state index is 11.7. The third-order valence-electron chi connectivity index (χ3n) is 4.27. The van der Waals surface area contributed by atoms with Gasteiger partial charge in [0.15, 0.2) is 5.11 Å². The number of nitrogens with zero attached hydrogens (tertiary/aromatic N) is 1. The summed E-state index contributed by atoms with van der Waals surface area (Å²) in [5, 5.41) is 6.16. The second kappa shape index (κ2) is 8.87. The second-order valence-corrected chi connectivity index (χ2v) is 6.60. The molecule has 1 saturated heterocycles. The zero-order valence-electron chi connectivity index (χ0n) is 14.1. The third kappa shape index (κ3) is 5.50. The van der Waals surface area contributed by atoms with Crippen molar-refractivity contribution in [3.05, 3.63) is 24.3 Å². The van der Waals surface area contributed by atoms with Crippen molar-refractivity contribution < 1.29 is 4.79 Å². The van der Waals surface area contributed by atoms with Crippen molar-refractivity contribution in [2.24, 2.45) is 0 Å². The van der Waals surface area contributed by atoms with Gasteiger partial charge in [0.05, 0.1) is 0 Å². The number of amides is 1. The fourth-order valence-corrected chi connectivity index (χ4v) is 3.14. The summed E-state index contributed by atoms with van der Waals surface area (Å²) in [6, 6.07) is 8.86. The number of piperidine rings is 1. The molecule has 1 fully saturated rings. The van der Waals surface area contributed by atoms with Crippen LogP contribution in [0.15, 0.2) is 24.3 Å². The van der Waals surface area contributed by atoms with Gasteiger partial charge in [-0.2, -0.15) is 0 Å². The lowest BCUT2D eigenvalue weighted by atomic mass is 10.0. The summed E-state index contributed by atoms with van der Waals surface area (Å²) in [6.07, 6.45) is 6.25. The van der Waals surface area contributed by atoms with Crippen molar-refractivity contribution in [2.75, 3.05) is 16.8 Å². The van der Waals surface area contributed by atoms with Gasteiger partial charge in [-0.25, -0.2) is 0 Å². The van der Waals surface area contributed by atoms with E-state index < -0.39 is 0 Å². The lowest BCUT2D eigenvalue weighted by Crippen LogP contribution is -2.37. The lowest BCUT2D eigenvalue weighted by molar-refractivity contribution is -0.119. The van der Waals surface area contributed by atoms with Crippen LogP contribution < -0.4 is 15.5 Å². The number of unbranched alkanes of at least 4 members (excludes halogenated alkanes) is 1. The van der Waals surface area contributed by atoms with Crippen LogP contribution in [0.4, 0.5) is 11.4 Å². The fourth-order valence-electron chi connectivity index (χ4n) is 2.91. The Morgan fingerprint density at radius 1 is 1.30 bits per heavy atom. The Balaban J connectivity index is 1.87. The molecule has 1 atom stereocenters. The standard InChI is InChI=1S/C18H27N3OS/c1-3-4-8-17(22)20-18(23)19-15-9-11-16(12-10-15)21-13-6-5-7-14(21)2/h9-12,14H,3-8,13H2,1-2H3,(H2,19,20,22,23). The van der Waals surface area contributed by atoms with Gasteiger partial charge >= 0.3 is 0 Å². The Labute approximate surface area is 144 Å². The summed E-state index contributed by atoms with van der Waals surface area (Å²) >= 11 is 5.19. The molecule has 1 aromatic rings. The highest BCUT2D eigenvalue weighted by Gasteiger charge is 2.18. The Bertz CT molecular complexity index is 530. The van der Waals surface area contributed by atoms with E-state index in [1.165, 1.54) is 24.9 Å². The number of nitrogens with one attached hydrogen (secondary N) is 2. The van der Waals surface area contributed by atoms with Crippen LogP contribution in [-0.4, -0.2) is 23.6 Å². The molecule has 23 heavy (non-hydrogen) atoms. The van der Waals surface area contributed by atoms with Crippen molar-refractivity contribution in [1.29, 1.82) is 0 Å². The van der Waals surface area contributed by atoms with Crippen LogP contribution in [0.5, 0.6) is 0 Å². The summed E-state index contributed by atoms with van der Waals surface area (Å²) in [7, 11) is 0. The minimum Gasteiger partial charge on any atom is -0.369 e. The van der Waals surface area contributed by atoms with Crippen LogP contribution in [0.25, 0.3) is 0 Å². The molecule has 2 N–H and O–H groups in total. The molecule has 0 bridgehead atoms. The number of anilines is 2. The van der Waals surface area contributed by atoms with Gasteiger partial charge in [0.2, 0.25) is 5.91 Å². The Kier molecular flexibility index (Phi) is 6.84. The Morgan fingerprint density at radius 3 is 2.70 bits per heavy atom. The molecular formula is C18H27N3OS. The molecule has 0 spiro atoms. The summed E-state index contributed by atoms with van der Waals surface area (Å²) in [5.41, 5.74) is 2.15. The average Bonchev–Trinajstić information content (AvgIpc) is 2.54. The maximum absolute atomic E-state index is 11.7. The third-order valence-corrected chi connectivity index (χ3v) is 4.47. The van der Waals surface area contributed by atoms with Gasteiger partial charge in [0, 0.05) is 30.4 Å². The second-order valence-electron chi connectivity index (χ2n) is 6.19. The summed E-state index contributed by atoms with van der Waals surface area (Å²) in [4.78, 5) is 14.1. The molecule has 0 radical (unpaired) electrons. The Hall–Kier alpha value is -1.62. The smallest absolute Gasteiger partial charge is 0.226 e. The normalized spacial score (nSPS) is 17.7. The number of benzene rings is 1. The number of carbonyl (C=O) groups is 1. The van der Waals surface area contributed by atoms with Crippen LogP contribution in [0.2, 0.25) is 0 Å². The van der Waals surface area contributed by atoms with E-state index in [4.69, 9.17) is 12.2 Å². The van der Waals surface area contributed by atoms with Crippen molar-refractivity contribution in [3.63, 3.8) is 0 Å². The number of hydrogen-bond donors (Lipinski definition) is 2. The van der Waals surface area contributed by atoms with E-state index in [-0.39, 0.29) is 5.91 Å². The minimum atomic E-state index is -0.0249. The minimum absolute atomic E-state index is 0.0249. The predicted molar refractivity (Wildman–Crippen MR) is 101 cm³/mol. The zero-order chi connectivity index (χ0) is 16.7. The first-order chi connectivity index (χ1) is 11.1. The highest BCUT2D eigenvalue weighted by Crippen LogP contribution is 2.25. The first kappa shape index (κ1) is 17.7. The quantitative estimate of drug-likeness (QED) is 0.797. The summed E-state index contributed by atoms with van der Waals surface area (Å²) < 4.78 is 0. The van der Waals surface area contributed by atoms with E-state index in [1.54, 1.807) is 0 Å².